The zero-order valence-corrected chi connectivity index (χ0v) is 25.2. The molecule has 0 radical (unpaired) electrons. The van der Waals surface area contributed by atoms with Gasteiger partial charge in [0.1, 0.15) is 11.6 Å². The molecule has 0 aromatic heterocycles. The Balaban J connectivity index is 1.80. The molecule has 3 heterocycles. The molecule has 3 aliphatic heterocycles. The van der Waals surface area contributed by atoms with E-state index in [1.807, 2.05) is 38.1 Å². The summed E-state index contributed by atoms with van der Waals surface area (Å²) < 4.78 is 6.75. The van der Waals surface area contributed by atoms with Gasteiger partial charge in [-0.15, -0.1) is 13.2 Å². The zero-order chi connectivity index (χ0) is 30.1. The average molecular weight is 567 g/mol. The summed E-state index contributed by atoms with van der Waals surface area (Å²) >= 11 is 0. The molecule has 0 saturated carbocycles. The van der Waals surface area contributed by atoms with E-state index in [9.17, 15) is 19.5 Å². The molecule has 9 heteroatoms. The number of likely N-dealkylation sites (N-methyl/N-ethyl adjacent to an activating group) is 1. The highest BCUT2D eigenvalue weighted by Crippen LogP contribution is 2.64. The molecule has 9 nitrogen and oxygen atoms in total. The van der Waals surface area contributed by atoms with Crippen LogP contribution in [0.5, 0.6) is 0 Å². The lowest BCUT2D eigenvalue weighted by Gasteiger charge is -2.39. The van der Waals surface area contributed by atoms with Crippen molar-refractivity contribution in [3.05, 3.63) is 49.6 Å². The van der Waals surface area contributed by atoms with Crippen LogP contribution in [0.2, 0.25) is 0 Å². The van der Waals surface area contributed by atoms with E-state index in [0.29, 0.717) is 31.5 Å². The van der Waals surface area contributed by atoms with Gasteiger partial charge in [-0.1, -0.05) is 19.1 Å². The van der Waals surface area contributed by atoms with Gasteiger partial charge in [-0.2, -0.15) is 0 Å². The summed E-state index contributed by atoms with van der Waals surface area (Å²) in [5.74, 6) is -2.32. The lowest BCUT2D eigenvalue weighted by atomic mass is 9.66. The number of aliphatic hydroxyl groups is 1. The summed E-state index contributed by atoms with van der Waals surface area (Å²) in [5, 5.41) is 10.3. The van der Waals surface area contributed by atoms with Gasteiger partial charge in [-0.3, -0.25) is 14.4 Å². The second kappa shape index (κ2) is 12.0. The molecular formula is C32H46N4O5. The SMILES string of the molecule is C=CCN(C)C(=O)[C@@H]1[C@H]2C(=O)N([C@@H](CC)CO)C(C(=O)N(CC=C)c3ccc(N(CC)CC)cc3)C23CC[C@@]1(C)O3. The summed E-state index contributed by atoms with van der Waals surface area (Å²) in [5.41, 5.74) is -0.288. The van der Waals surface area contributed by atoms with Crippen LogP contribution < -0.4 is 9.80 Å². The smallest absolute Gasteiger partial charge is 0.253 e. The first-order valence-electron chi connectivity index (χ1n) is 14.8. The number of likely N-dealkylation sites (tertiary alicyclic amines) is 1. The number of hydrogen-bond acceptors (Lipinski definition) is 6. The molecule has 3 aliphatic rings. The Morgan fingerprint density at radius 2 is 1.68 bits per heavy atom. The maximum absolute atomic E-state index is 14.7. The molecule has 2 bridgehead atoms. The molecule has 1 spiro atoms. The van der Waals surface area contributed by atoms with E-state index >= 15 is 0 Å². The minimum atomic E-state index is -1.17. The summed E-state index contributed by atoms with van der Waals surface area (Å²) in [6.45, 7) is 17.6. The Labute approximate surface area is 244 Å². The van der Waals surface area contributed by atoms with Gasteiger partial charge in [-0.05, 0) is 64.3 Å². The fourth-order valence-corrected chi connectivity index (χ4v) is 7.38. The van der Waals surface area contributed by atoms with Gasteiger partial charge >= 0.3 is 0 Å². The fourth-order valence-electron chi connectivity index (χ4n) is 7.38. The van der Waals surface area contributed by atoms with Gasteiger partial charge in [0.15, 0.2) is 0 Å². The minimum Gasteiger partial charge on any atom is -0.394 e. The number of fused-ring (bicyclic) bond motifs is 1. The molecule has 4 rings (SSSR count). The summed E-state index contributed by atoms with van der Waals surface area (Å²) in [6.07, 6.45) is 4.81. The number of carbonyl (C=O) groups excluding carboxylic acids is 3. The number of aliphatic hydroxyl groups excluding tert-OH is 1. The van der Waals surface area contributed by atoms with E-state index in [-0.39, 0.29) is 30.9 Å². The largest absolute Gasteiger partial charge is 0.394 e. The van der Waals surface area contributed by atoms with Crippen LogP contribution in [-0.2, 0) is 19.1 Å². The molecule has 1 aromatic rings. The summed E-state index contributed by atoms with van der Waals surface area (Å²) in [6, 6.07) is 6.26. The number of amides is 3. The van der Waals surface area contributed by atoms with Gasteiger partial charge < -0.3 is 29.4 Å². The van der Waals surface area contributed by atoms with Crippen molar-refractivity contribution in [1.82, 2.24) is 9.80 Å². The van der Waals surface area contributed by atoms with Crippen molar-refractivity contribution in [2.24, 2.45) is 11.8 Å². The van der Waals surface area contributed by atoms with Crippen molar-refractivity contribution in [2.75, 3.05) is 49.6 Å². The van der Waals surface area contributed by atoms with Gasteiger partial charge in [-0.25, -0.2) is 0 Å². The second-order valence-corrected chi connectivity index (χ2v) is 11.7. The number of nitrogens with zero attached hydrogens (tertiary/aromatic N) is 4. The zero-order valence-electron chi connectivity index (χ0n) is 25.2. The van der Waals surface area contributed by atoms with Gasteiger partial charge in [0, 0.05) is 44.6 Å². The molecule has 3 saturated heterocycles. The third-order valence-electron chi connectivity index (χ3n) is 9.44. The predicted molar refractivity (Wildman–Crippen MR) is 161 cm³/mol. The number of hydrogen-bond donors (Lipinski definition) is 1. The van der Waals surface area contributed by atoms with E-state index in [1.165, 1.54) is 4.90 Å². The van der Waals surface area contributed by atoms with E-state index in [2.05, 4.69) is 31.9 Å². The Morgan fingerprint density at radius 1 is 1.07 bits per heavy atom. The lowest BCUT2D eigenvalue weighted by Crippen LogP contribution is -2.59. The Morgan fingerprint density at radius 3 is 2.22 bits per heavy atom. The summed E-state index contributed by atoms with van der Waals surface area (Å²) in [7, 11) is 1.70. The van der Waals surface area contributed by atoms with Crippen LogP contribution in [0.4, 0.5) is 11.4 Å². The van der Waals surface area contributed by atoms with E-state index in [4.69, 9.17) is 4.74 Å². The van der Waals surface area contributed by atoms with E-state index in [1.54, 1.807) is 29.0 Å². The third-order valence-corrected chi connectivity index (χ3v) is 9.44. The quantitative estimate of drug-likeness (QED) is 0.369. The highest BCUT2D eigenvalue weighted by atomic mass is 16.5. The van der Waals surface area contributed by atoms with Crippen LogP contribution in [0.15, 0.2) is 49.6 Å². The van der Waals surface area contributed by atoms with Crippen LogP contribution in [0, 0.1) is 11.8 Å². The first-order valence-corrected chi connectivity index (χ1v) is 14.8. The standard InChI is InChI=1S/C32H46N4O5/c1-8-19-33(7)28(38)25-26-29(39)36(22(10-3)21-37)27(32(26)18-17-31(25,6)41-32)30(40)35(20-9-2)24-15-13-23(14-16-24)34(11-4)12-5/h8-9,13-16,22,25-27,37H,1-2,10-12,17-21H2,3-7H3/t22-,25-,26-,27?,31+,32?/m0/s1. The highest BCUT2D eigenvalue weighted by molar-refractivity contribution is 6.05. The average Bonchev–Trinajstić information content (AvgIpc) is 3.54. The maximum atomic E-state index is 14.7. The van der Waals surface area contributed by atoms with Crippen LogP contribution in [-0.4, -0.2) is 95.7 Å². The van der Waals surface area contributed by atoms with Crippen LogP contribution in [0.3, 0.4) is 0 Å². The Hall–Kier alpha value is -3.17. The molecule has 3 fully saturated rings. The van der Waals surface area contributed by atoms with E-state index < -0.39 is 35.1 Å². The number of carbonyl (C=O) groups is 3. The molecular weight excluding hydrogens is 520 g/mol. The number of anilines is 2. The van der Waals surface area contributed by atoms with Crippen molar-refractivity contribution in [2.45, 2.75) is 70.2 Å². The van der Waals surface area contributed by atoms with Crippen LogP contribution >= 0.6 is 0 Å². The Bertz CT molecular complexity index is 1160. The predicted octanol–water partition coefficient (Wildman–Crippen LogP) is 3.23. The normalized spacial score (nSPS) is 28.8. The molecule has 224 valence electrons. The molecule has 0 aliphatic carbocycles. The molecule has 3 amide bonds. The van der Waals surface area contributed by atoms with Crippen molar-refractivity contribution in [3.8, 4) is 0 Å². The van der Waals surface area contributed by atoms with Gasteiger partial charge in [0.2, 0.25) is 11.8 Å². The molecule has 2 unspecified atom stereocenters. The van der Waals surface area contributed by atoms with Crippen molar-refractivity contribution < 1.29 is 24.2 Å². The number of ether oxygens (including phenoxy) is 1. The highest BCUT2D eigenvalue weighted by Gasteiger charge is 2.78. The third kappa shape index (κ3) is 4.87. The maximum Gasteiger partial charge on any atom is 0.253 e. The molecule has 6 atom stereocenters. The van der Waals surface area contributed by atoms with Crippen molar-refractivity contribution in [1.29, 1.82) is 0 Å². The lowest BCUT2D eigenvalue weighted by molar-refractivity contribution is -0.151. The molecule has 1 N–H and O–H groups in total. The topological polar surface area (TPSA) is 93.6 Å². The van der Waals surface area contributed by atoms with E-state index in [0.717, 1.165) is 18.8 Å². The monoisotopic (exact) mass is 566 g/mol. The summed E-state index contributed by atoms with van der Waals surface area (Å²) in [4.78, 5) is 49.8. The first-order chi connectivity index (χ1) is 19.6. The van der Waals surface area contributed by atoms with Crippen LogP contribution in [0.1, 0.15) is 47.0 Å². The second-order valence-electron chi connectivity index (χ2n) is 11.7. The fraction of sp³-hybridized carbons (Fsp3) is 0.594. The van der Waals surface area contributed by atoms with Gasteiger partial charge in [0.25, 0.3) is 5.91 Å². The van der Waals surface area contributed by atoms with Crippen molar-refractivity contribution in [3.63, 3.8) is 0 Å². The molecule has 1 aromatic carbocycles. The number of rotatable bonds is 13. The number of benzene rings is 1. The van der Waals surface area contributed by atoms with Gasteiger partial charge in [0.05, 0.1) is 30.1 Å². The molecule has 41 heavy (non-hydrogen) atoms. The van der Waals surface area contributed by atoms with Crippen LogP contribution in [0.25, 0.3) is 0 Å². The van der Waals surface area contributed by atoms with Crippen molar-refractivity contribution >= 4 is 29.1 Å². The minimum absolute atomic E-state index is 0.188. The first kappa shape index (κ1) is 30.8. The Kier molecular flexibility index (Phi) is 8.99.